The quantitative estimate of drug-likeness (QED) is 0.384. The second kappa shape index (κ2) is 5.44. The maximum atomic E-state index is 8.80. The van der Waals surface area contributed by atoms with E-state index in [0.717, 1.165) is 18.8 Å². The molecular weight excluding hydrogens is 264 g/mol. The monoisotopic (exact) mass is 282 g/mol. The molecule has 5 nitrogen and oxygen atoms in total. The van der Waals surface area contributed by atoms with E-state index in [2.05, 4.69) is 40.2 Å². The van der Waals surface area contributed by atoms with Gasteiger partial charge >= 0.3 is 0 Å². The van der Waals surface area contributed by atoms with Crippen molar-refractivity contribution in [3.63, 3.8) is 0 Å². The normalized spacial score (nSPS) is 18.4. The van der Waals surface area contributed by atoms with Crippen LogP contribution in [0.4, 0.5) is 11.5 Å². The number of oxime groups is 1. The molecule has 0 bridgehead atoms. The SMILES string of the molecule is CC1Cc2ccccc2N(c2cccc(C(N)=NO)n2)C1. The van der Waals surface area contributed by atoms with E-state index in [1.54, 1.807) is 6.07 Å². The molecule has 1 unspecified atom stereocenters. The van der Waals surface area contributed by atoms with Gasteiger partial charge in [0, 0.05) is 12.2 Å². The van der Waals surface area contributed by atoms with Gasteiger partial charge in [-0.25, -0.2) is 4.98 Å². The fourth-order valence-corrected chi connectivity index (χ4v) is 2.78. The lowest BCUT2D eigenvalue weighted by Crippen LogP contribution is -2.31. The van der Waals surface area contributed by atoms with Crippen LogP contribution in [0.15, 0.2) is 47.6 Å². The van der Waals surface area contributed by atoms with Gasteiger partial charge in [0.1, 0.15) is 11.5 Å². The number of para-hydroxylation sites is 1. The Morgan fingerprint density at radius 2 is 2.10 bits per heavy atom. The Bertz CT molecular complexity index is 683. The number of fused-ring (bicyclic) bond motifs is 1. The third-order valence-electron chi connectivity index (χ3n) is 3.73. The van der Waals surface area contributed by atoms with Gasteiger partial charge in [0.25, 0.3) is 0 Å². The van der Waals surface area contributed by atoms with Crippen LogP contribution < -0.4 is 10.6 Å². The number of rotatable bonds is 2. The highest BCUT2D eigenvalue weighted by Gasteiger charge is 2.23. The van der Waals surface area contributed by atoms with E-state index in [9.17, 15) is 0 Å². The standard InChI is InChI=1S/C16H18N4O/c1-11-9-12-5-2-3-7-14(12)20(10-11)15-8-4-6-13(18-15)16(17)19-21/h2-8,11,21H,9-10H2,1H3,(H2,17,19). The van der Waals surface area contributed by atoms with Crippen LogP contribution in [-0.2, 0) is 6.42 Å². The van der Waals surface area contributed by atoms with Crippen molar-refractivity contribution in [2.75, 3.05) is 11.4 Å². The van der Waals surface area contributed by atoms with Crippen molar-refractivity contribution >= 4 is 17.3 Å². The van der Waals surface area contributed by atoms with Crippen LogP contribution in [0.5, 0.6) is 0 Å². The van der Waals surface area contributed by atoms with Crippen molar-refractivity contribution < 1.29 is 5.21 Å². The van der Waals surface area contributed by atoms with E-state index in [4.69, 9.17) is 10.9 Å². The molecule has 2 aromatic rings. The van der Waals surface area contributed by atoms with E-state index in [-0.39, 0.29) is 5.84 Å². The summed E-state index contributed by atoms with van der Waals surface area (Å²) in [6.07, 6.45) is 1.08. The number of benzene rings is 1. The highest BCUT2D eigenvalue weighted by Crippen LogP contribution is 2.34. The predicted octanol–water partition coefficient (Wildman–Crippen LogP) is 2.51. The first-order valence-corrected chi connectivity index (χ1v) is 6.99. The second-order valence-corrected chi connectivity index (χ2v) is 5.41. The number of nitrogens with zero attached hydrogens (tertiary/aromatic N) is 3. The molecule has 3 N–H and O–H groups in total. The van der Waals surface area contributed by atoms with Crippen molar-refractivity contribution in [1.29, 1.82) is 0 Å². The molecule has 0 spiro atoms. The maximum Gasteiger partial charge on any atom is 0.188 e. The fourth-order valence-electron chi connectivity index (χ4n) is 2.78. The summed E-state index contributed by atoms with van der Waals surface area (Å²) < 4.78 is 0. The summed E-state index contributed by atoms with van der Waals surface area (Å²) in [5, 5.41) is 11.8. The van der Waals surface area contributed by atoms with Crippen molar-refractivity contribution in [3.8, 4) is 0 Å². The van der Waals surface area contributed by atoms with E-state index in [1.165, 1.54) is 11.3 Å². The number of aromatic nitrogens is 1. The minimum absolute atomic E-state index is 0.0233. The van der Waals surface area contributed by atoms with Crippen molar-refractivity contribution in [2.45, 2.75) is 13.3 Å². The molecule has 0 fully saturated rings. The van der Waals surface area contributed by atoms with Gasteiger partial charge in [-0.1, -0.05) is 36.3 Å². The molecule has 0 amide bonds. The lowest BCUT2D eigenvalue weighted by molar-refractivity contribution is 0.318. The van der Waals surface area contributed by atoms with E-state index in [1.807, 2.05) is 18.2 Å². The molecule has 0 saturated heterocycles. The van der Waals surface area contributed by atoms with Gasteiger partial charge in [-0.3, -0.25) is 0 Å². The van der Waals surface area contributed by atoms with Crippen LogP contribution in [0, 0.1) is 5.92 Å². The lowest BCUT2D eigenvalue weighted by Gasteiger charge is -2.34. The summed E-state index contributed by atoms with van der Waals surface area (Å²) >= 11 is 0. The number of pyridine rings is 1. The zero-order valence-electron chi connectivity index (χ0n) is 11.9. The molecule has 1 aliphatic rings. The Morgan fingerprint density at radius 3 is 2.90 bits per heavy atom. The summed E-state index contributed by atoms with van der Waals surface area (Å²) in [7, 11) is 0. The summed E-state index contributed by atoms with van der Waals surface area (Å²) in [4.78, 5) is 6.70. The highest BCUT2D eigenvalue weighted by molar-refractivity contribution is 5.95. The minimum Gasteiger partial charge on any atom is -0.409 e. The topological polar surface area (TPSA) is 74.7 Å². The molecule has 0 aliphatic carbocycles. The molecule has 0 saturated carbocycles. The highest BCUT2D eigenvalue weighted by atomic mass is 16.4. The van der Waals surface area contributed by atoms with Crippen LogP contribution in [0.25, 0.3) is 0 Å². The summed E-state index contributed by atoms with van der Waals surface area (Å²) in [5.41, 5.74) is 8.62. The first kappa shape index (κ1) is 13.4. The molecular formula is C16H18N4O. The molecule has 0 radical (unpaired) electrons. The van der Waals surface area contributed by atoms with Crippen LogP contribution in [0.2, 0.25) is 0 Å². The number of amidine groups is 1. The van der Waals surface area contributed by atoms with Gasteiger partial charge in [-0.15, -0.1) is 0 Å². The molecule has 1 atom stereocenters. The van der Waals surface area contributed by atoms with Gasteiger partial charge in [0.05, 0.1) is 0 Å². The number of nitrogens with two attached hydrogens (primary N) is 1. The van der Waals surface area contributed by atoms with Crippen LogP contribution in [0.1, 0.15) is 18.2 Å². The fraction of sp³-hybridized carbons (Fsp3) is 0.250. The third-order valence-corrected chi connectivity index (χ3v) is 3.73. The minimum atomic E-state index is 0.0233. The first-order valence-electron chi connectivity index (χ1n) is 6.99. The molecule has 1 aliphatic heterocycles. The van der Waals surface area contributed by atoms with Crippen molar-refractivity contribution in [1.82, 2.24) is 4.98 Å². The summed E-state index contributed by atoms with van der Waals surface area (Å²) in [6, 6.07) is 13.9. The molecule has 1 aromatic carbocycles. The zero-order chi connectivity index (χ0) is 14.8. The van der Waals surface area contributed by atoms with Crippen molar-refractivity contribution in [2.24, 2.45) is 16.8 Å². The average Bonchev–Trinajstić information content (AvgIpc) is 2.53. The van der Waals surface area contributed by atoms with Gasteiger partial charge < -0.3 is 15.8 Å². The van der Waals surface area contributed by atoms with Gasteiger partial charge in [0.15, 0.2) is 5.84 Å². The Morgan fingerprint density at radius 1 is 1.29 bits per heavy atom. The van der Waals surface area contributed by atoms with E-state index in [0.29, 0.717) is 11.6 Å². The smallest absolute Gasteiger partial charge is 0.188 e. The zero-order valence-corrected chi connectivity index (χ0v) is 11.9. The van der Waals surface area contributed by atoms with Gasteiger partial charge in [-0.2, -0.15) is 0 Å². The molecule has 108 valence electrons. The molecule has 3 rings (SSSR count). The lowest BCUT2D eigenvalue weighted by atomic mass is 9.94. The maximum absolute atomic E-state index is 8.80. The Kier molecular flexibility index (Phi) is 3.48. The summed E-state index contributed by atoms with van der Waals surface area (Å²) in [5.74, 6) is 1.39. The van der Waals surface area contributed by atoms with Crippen molar-refractivity contribution in [3.05, 3.63) is 53.7 Å². The molecule has 5 heteroatoms. The first-order chi connectivity index (χ1) is 10.2. The third kappa shape index (κ3) is 2.54. The molecule has 21 heavy (non-hydrogen) atoms. The van der Waals surface area contributed by atoms with E-state index >= 15 is 0 Å². The predicted molar refractivity (Wildman–Crippen MR) is 83.1 cm³/mol. The Labute approximate surface area is 123 Å². The number of anilines is 2. The van der Waals surface area contributed by atoms with Gasteiger partial charge in [-0.05, 0) is 36.1 Å². The number of hydrogen-bond donors (Lipinski definition) is 2. The van der Waals surface area contributed by atoms with Crippen LogP contribution in [0.3, 0.4) is 0 Å². The second-order valence-electron chi connectivity index (χ2n) is 5.41. The Hall–Kier alpha value is -2.56. The summed E-state index contributed by atoms with van der Waals surface area (Å²) in [6.45, 7) is 3.14. The van der Waals surface area contributed by atoms with Crippen LogP contribution in [-0.4, -0.2) is 22.6 Å². The van der Waals surface area contributed by atoms with Gasteiger partial charge in [0.2, 0.25) is 0 Å². The average molecular weight is 282 g/mol. The van der Waals surface area contributed by atoms with E-state index < -0.39 is 0 Å². The largest absolute Gasteiger partial charge is 0.409 e. The van der Waals surface area contributed by atoms with Crippen LogP contribution >= 0.6 is 0 Å². The number of hydrogen-bond acceptors (Lipinski definition) is 4. The molecule has 1 aromatic heterocycles. The Balaban J connectivity index is 2.05. The molecule has 2 heterocycles.